The first kappa shape index (κ1) is 21.5. The van der Waals surface area contributed by atoms with Crippen LogP contribution in [0.15, 0.2) is 48.5 Å². The molecule has 2 aromatic rings. The summed E-state index contributed by atoms with van der Waals surface area (Å²) in [5.41, 5.74) is 3.59. The van der Waals surface area contributed by atoms with Crippen molar-refractivity contribution in [1.82, 2.24) is 0 Å². The van der Waals surface area contributed by atoms with Crippen molar-refractivity contribution in [3.8, 4) is 16.9 Å². The maximum Gasteiger partial charge on any atom is 0.123 e. The van der Waals surface area contributed by atoms with Crippen LogP contribution in [-0.2, 0) is 0 Å². The normalized spacial score (nSPS) is 12.2. The number of phenols is 1. The van der Waals surface area contributed by atoms with E-state index >= 15 is 0 Å². The molecule has 0 fully saturated rings. The number of benzene rings is 2. The second kappa shape index (κ2) is 12.6. The third-order valence-electron chi connectivity index (χ3n) is 5.66. The molecule has 1 N–H and O–H groups in total. The molecular weight excluding hydrogens is 328 g/mol. The lowest BCUT2D eigenvalue weighted by Gasteiger charge is -2.21. The Labute approximate surface area is 166 Å². The molecule has 0 spiro atoms. The topological polar surface area (TPSA) is 20.2 Å². The molecule has 1 unspecified atom stereocenters. The maximum absolute atomic E-state index is 10.4. The smallest absolute Gasteiger partial charge is 0.123 e. The van der Waals surface area contributed by atoms with Crippen LogP contribution in [0.5, 0.6) is 5.75 Å². The van der Waals surface area contributed by atoms with Crippen molar-refractivity contribution >= 4 is 0 Å². The summed E-state index contributed by atoms with van der Waals surface area (Å²) < 4.78 is 0. The van der Waals surface area contributed by atoms with E-state index in [1.54, 1.807) is 6.07 Å². The average molecular weight is 367 g/mol. The summed E-state index contributed by atoms with van der Waals surface area (Å²) in [5.74, 6) is 0.978. The van der Waals surface area contributed by atoms with E-state index in [0.717, 1.165) is 5.56 Å². The minimum Gasteiger partial charge on any atom is -0.507 e. The molecule has 0 saturated carbocycles. The summed E-state index contributed by atoms with van der Waals surface area (Å²) in [6, 6.07) is 16.5. The first-order chi connectivity index (χ1) is 13.3. The van der Waals surface area contributed by atoms with Gasteiger partial charge in [-0.3, -0.25) is 0 Å². The van der Waals surface area contributed by atoms with Gasteiger partial charge in [0.25, 0.3) is 0 Å². The number of aromatic hydroxyl groups is 1. The van der Waals surface area contributed by atoms with Crippen molar-refractivity contribution in [2.45, 2.75) is 90.4 Å². The van der Waals surface area contributed by atoms with E-state index in [1.165, 1.54) is 81.8 Å². The Morgan fingerprint density at radius 3 is 1.89 bits per heavy atom. The molecule has 0 bridgehead atoms. The number of unbranched alkanes of at least 4 members (excludes halogenated alkanes) is 7. The number of para-hydroxylation sites is 1. The van der Waals surface area contributed by atoms with Gasteiger partial charge in [-0.15, -0.1) is 0 Å². The first-order valence-corrected chi connectivity index (χ1v) is 11.1. The molecule has 1 heteroatoms. The Morgan fingerprint density at radius 2 is 1.19 bits per heavy atom. The van der Waals surface area contributed by atoms with Crippen LogP contribution in [0.4, 0.5) is 0 Å². The van der Waals surface area contributed by atoms with Crippen LogP contribution in [0.3, 0.4) is 0 Å². The van der Waals surface area contributed by atoms with Crippen molar-refractivity contribution in [3.63, 3.8) is 0 Å². The molecule has 0 amide bonds. The molecule has 0 aliphatic carbocycles. The second-order valence-electron chi connectivity index (χ2n) is 7.85. The highest BCUT2D eigenvalue weighted by Gasteiger charge is 2.17. The van der Waals surface area contributed by atoms with Gasteiger partial charge in [-0.25, -0.2) is 0 Å². The van der Waals surface area contributed by atoms with Crippen LogP contribution in [0, 0.1) is 0 Å². The molecule has 0 aromatic heterocycles. The molecule has 0 heterocycles. The molecule has 0 aliphatic heterocycles. The van der Waals surface area contributed by atoms with Crippen LogP contribution >= 0.6 is 0 Å². The summed E-state index contributed by atoms with van der Waals surface area (Å²) in [6.07, 6.45) is 14.6. The van der Waals surface area contributed by atoms with Crippen molar-refractivity contribution in [3.05, 3.63) is 54.1 Å². The fourth-order valence-electron chi connectivity index (χ4n) is 4.05. The molecule has 2 rings (SSSR count). The number of hydrogen-bond acceptors (Lipinski definition) is 1. The predicted molar refractivity (Wildman–Crippen MR) is 118 cm³/mol. The van der Waals surface area contributed by atoms with Crippen LogP contribution < -0.4 is 0 Å². The lowest BCUT2D eigenvalue weighted by Crippen LogP contribution is -2.02. The van der Waals surface area contributed by atoms with Gasteiger partial charge in [0.1, 0.15) is 5.75 Å². The van der Waals surface area contributed by atoms with Gasteiger partial charge in [-0.05, 0) is 36.0 Å². The average Bonchev–Trinajstić information content (AvgIpc) is 2.70. The van der Waals surface area contributed by atoms with E-state index in [1.807, 2.05) is 18.2 Å². The van der Waals surface area contributed by atoms with Crippen LogP contribution in [-0.4, -0.2) is 5.11 Å². The van der Waals surface area contributed by atoms with Gasteiger partial charge in [0.05, 0.1) is 0 Å². The van der Waals surface area contributed by atoms with Crippen LogP contribution in [0.25, 0.3) is 11.1 Å². The van der Waals surface area contributed by atoms with Gasteiger partial charge in [0.15, 0.2) is 0 Å². The van der Waals surface area contributed by atoms with Gasteiger partial charge in [0, 0.05) is 5.56 Å². The third kappa shape index (κ3) is 7.05. The Kier molecular flexibility index (Phi) is 10.0. The minimum absolute atomic E-state index is 0.384. The van der Waals surface area contributed by atoms with Gasteiger partial charge in [-0.2, -0.15) is 0 Å². The fourth-order valence-corrected chi connectivity index (χ4v) is 4.05. The fraction of sp³-hybridized carbons (Fsp3) is 0.538. The summed E-state index contributed by atoms with van der Waals surface area (Å²) in [5, 5.41) is 10.4. The largest absolute Gasteiger partial charge is 0.507 e. The molecule has 0 aliphatic rings. The Balaban J connectivity index is 2.06. The summed E-state index contributed by atoms with van der Waals surface area (Å²) in [4.78, 5) is 0. The minimum atomic E-state index is 0.384. The molecule has 0 radical (unpaired) electrons. The molecule has 0 saturated heterocycles. The van der Waals surface area contributed by atoms with E-state index in [4.69, 9.17) is 0 Å². The Morgan fingerprint density at radius 1 is 0.630 bits per heavy atom. The van der Waals surface area contributed by atoms with Gasteiger partial charge < -0.3 is 5.11 Å². The molecule has 27 heavy (non-hydrogen) atoms. The zero-order valence-corrected chi connectivity index (χ0v) is 17.4. The molecule has 1 nitrogen and oxygen atoms in total. The molecular formula is C26H38O. The molecule has 148 valence electrons. The van der Waals surface area contributed by atoms with Crippen molar-refractivity contribution in [1.29, 1.82) is 0 Å². The van der Waals surface area contributed by atoms with E-state index in [0.29, 0.717) is 11.7 Å². The zero-order valence-electron chi connectivity index (χ0n) is 17.4. The van der Waals surface area contributed by atoms with Gasteiger partial charge in [0.2, 0.25) is 0 Å². The number of rotatable bonds is 13. The van der Waals surface area contributed by atoms with E-state index in [9.17, 15) is 5.11 Å². The summed E-state index contributed by atoms with van der Waals surface area (Å²) >= 11 is 0. The Hall–Kier alpha value is -1.76. The molecule has 1 atom stereocenters. The summed E-state index contributed by atoms with van der Waals surface area (Å²) in [6.45, 7) is 4.56. The van der Waals surface area contributed by atoms with Crippen LogP contribution in [0.1, 0.15) is 96.0 Å². The molecule has 2 aromatic carbocycles. The van der Waals surface area contributed by atoms with Crippen molar-refractivity contribution < 1.29 is 5.11 Å². The monoisotopic (exact) mass is 366 g/mol. The van der Waals surface area contributed by atoms with E-state index < -0.39 is 0 Å². The zero-order chi connectivity index (χ0) is 19.3. The van der Waals surface area contributed by atoms with Crippen molar-refractivity contribution in [2.75, 3.05) is 0 Å². The highest BCUT2D eigenvalue weighted by molar-refractivity contribution is 5.73. The predicted octanol–water partition coefficient (Wildman–Crippen LogP) is 8.47. The second-order valence-corrected chi connectivity index (χ2v) is 7.85. The lowest BCUT2D eigenvalue weighted by atomic mass is 9.84. The summed E-state index contributed by atoms with van der Waals surface area (Å²) in [7, 11) is 0. The maximum atomic E-state index is 10.4. The van der Waals surface area contributed by atoms with E-state index in [2.05, 4.69) is 38.1 Å². The standard InChI is InChI=1S/C26H38O/c1-3-5-7-8-9-10-11-17-22(16-6-4-2)23-18-12-13-19-24(23)25-20-14-15-21-26(25)27/h12-15,18-22,27H,3-11,16-17H2,1-2H3. The lowest BCUT2D eigenvalue weighted by molar-refractivity contribution is 0.476. The highest BCUT2D eigenvalue weighted by Crippen LogP contribution is 2.38. The van der Waals surface area contributed by atoms with Crippen molar-refractivity contribution in [2.24, 2.45) is 0 Å². The van der Waals surface area contributed by atoms with Gasteiger partial charge in [-0.1, -0.05) is 114 Å². The quantitative estimate of drug-likeness (QED) is 0.352. The number of phenolic OH excluding ortho intramolecular Hbond substituents is 1. The van der Waals surface area contributed by atoms with Gasteiger partial charge >= 0.3 is 0 Å². The number of hydrogen-bond donors (Lipinski definition) is 1. The third-order valence-corrected chi connectivity index (χ3v) is 5.66. The Bertz CT molecular complexity index is 646. The highest BCUT2D eigenvalue weighted by atomic mass is 16.3. The first-order valence-electron chi connectivity index (χ1n) is 11.1. The SMILES string of the molecule is CCCCCCCCCC(CCCC)c1ccccc1-c1ccccc1O. The van der Waals surface area contributed by atoms with E-state index in [-0.39, 0.29) is 0 Å². The van der Waals surface area contributed by atoms with Crippen LogP contribution in [0.2, 0.25) is 0 Å².